The molecule has 0 aliphatic carbocycles. The number of carbonyl (C=O) groups excluding carboxylic acids is 4. The van der Waals surface area contributed by atoms with Crippen LogP contribution < -0.4 is 10.6 Å². The Labute approximate surface area is 314 Å². The van der Waals surface area contributed by atoms with Crippen molar-refractivity contribution in [1.82, 2.24) is 30.0 Å². The third-order valence-electron chi connectivity index (χ3n) is 10.4. The van der Waals surface area contributed by atoms with Gasteiger partial charge in [0.15, 0.2) is 5.13 Å². The van der Waals surface area contributed by atoms with Crippen molar-refractivity contribution >= 4 is 67.8 Å². The predicted molar refractivity (Wildman–Crippen MR) is 198 cm³/mol. The summed E-state index contributed by atoms with van der Waals surface area (Å²) in [6, 6.07) is 3.88. The van der Waals surface area contributed by atoms with Crippen molar-refractivity contribution in [2.45, 2.75) is 99.8 Å². The van der Waals surface area contributed by atoms with Crippen LogP contribution in [0.5, 0.6) is 0 Å². The number of hydrogen-bond acceptors (Lipinski definition) is 11. The monoisotopic (exact) mass is 797 g/mol. The summed E-state index contributed by atoms with van der Waals surface area (Å²) in [5.74, 6) is 1.38. The highest BCUT2D eigenvalue weighted by Gasteiger charge is 2.39. The van der Waals surface area contributed by atoms with E-state index in [0.29, 0.717) is 41.3 Å². The molecule has 272 valence electrons. The fraction of sp³-hybridized carbons (Fsp3) is 0.556. The normalized spacial score (nSPS) is 21.3. The summed E-state index contributed by atoms with van der Waals surface area (Å²) in [4.78, 5) is 65.8. The molecule has 7 rings (SSSR count). The van der Waals surface area contributed by atoms with E-state index in [1.807, 2.05) is 6.07 Å². The van der Waals surface area contributed by atoms with E-state index < -0.39 is 11.9 Å². The Hall–Kier alpha value is -3.11. The number of likely N-dealkylation sites (tertiary alicyclic amines) is 2. The van der Waals surface area contributed by atoms with Gasteiger partial charge in [0, 0.05) is 46.9 Å². The minimum atomic E-state index is -0.613. The highest BCUT2D eigenvalue weighted by atomic mass is 79.9. The number of fused-ring (bicyclic) bond motifs is 1. The molecule has 1 aromatic carbocycles. The van der Waals surface area contributed by atoms with Crippen molar-refractivity contribution in [2.75, 3.05) is 31.5 Å². The zero-order valence-corrected chi connectivity index (χ0v) is 32.4. The molecule has 3 saturated heterocycles. The Morgan fingerprint density at radius 2 is 1.82 bits per heavy atom. The second-order valence-electron chi connectivity index (χ2n) is 14.9. The van der Waals surface area contributed by atoms with Crippen LogP contribution in [-0.4, -0.2) is 86.6 Å². The van der Waals surface area contributed by atoms with Gasteiger partial charge in [-0.3, -0.25) is 29.4 Å². The molecule has 2 aromatic heterocycles. The topological polar surface area (TPSA) is 141 Å². The van der Waals surface area contributed by atoms with Crippen molar-refractivity contribution in [3.8, 4) is 0 Å². The summed E-state index contributed by atoms with van der Waals surface area (Å²) in [5.41, 5.74) is 2.60. The quantitative estimate of drug-likeness (QED) is 0.209. The van der Waals surface area contributed by atoms with Crippen molar-refractivity contribution in [1.29, 1.82) is 0 Å². The van der Waals surface area contributed by atoms with Gasteiger partial charge in [0.1, 0.15) is 11.8 Å². The Morgan fingerprint density at radius 3 is 2.53 bits per heavy atom. The fourth-order valence-corrected chi connectivity index (χ4v) is 9.62. The van der Waals surface area contributed by atoms with E-state index in [0.717, 1.165) is 84.0 Å². The van der Waals surface area contributed by atoms with Crippen molar-refractivity contribution < 1.29 is 23.6 Å². The molecule has 4 aliphatic heterocycles. The lowest BCUT2D eigenvalue weighted by Crippen LogP contribution is -2.52. The molecule has 12 nitrogen and oxygen atoms in total. The largest absolute Gasteiger partial charge is 0.444 e. The van der Waals surface area contributed by atoms with Gasteiger partial charge >= 0.3 is 0 Å². The Kier molecular flexibility index (Phi) is 10.7. The van der Waals surface area contributed by atoms with Crippen LogP contribution in [0.25, 0.3) is 0 Å². The minimum absolute atomic E-state index is 0.0144. The van der Waals surface area contributed by atoms with Crippen LogP contribution >= 0.6 is 39.0 Å². The van der Waals surface area contributed by atoms with Gasteiger partial charge in [-0.1, -0.05) is 54.1 Å². The molecule has 3 aromatic rings. The van der Waals surface area contributed by atoms with Gasteiger partial charge in [0.05, 0.1) is 22.4 Å². The maximum Gasteiger partial charge on any atom is 0.255 e. The number of rotatable bonds is 9. The third kappa shape index (κ3) is 8.27. The molecule has 0 saturated carbocycles. The van der Waals surface area contributed by atoms with Crippen molar-refractivity contribution in [3.63, 3.8) is 0 Å². The summed E-state index contributed by atoms with van der Waals surface area (Å²) in [5, 5.41) is 6.06. The summed E-state index contributed by atoms with van der Waals surface area (Å²) < 4.78 is 7.80. The van der Waals surface area contributed by atoms with Gasteiger partial charge in [-0.15, -0.1) is 11.8 Å². The van der Waals surface area contributed by atoms with Gasteiger partial charge in [0.25, 0.3) is 5.91 Å². The number of aromatic nitrogens is 2. The number of thioether (sulfide) groups is 1. The van der Waals surface area contributed by atoms with Gasteiger partial charge < -0.3 is 19.5 Å². The molecular weight excluding hydrogens is 754 g/mol. The van der Waals surface area contributed by atoms with E-state index in [4.69, 9.17) is 4.42 Å². The Bertz CT molecular complexity index is 1810. The molecule has 4 amide bonds. The lowest BCUT2D eigenvalue weighted by atomic mass is 9.92. The Morgan fingerprint density at radius 1 is 1.06 bits per heavy atom. The number of hydrogen-bond donors (Lipinski definition) is 2. The van der Waals surface area contributed by atoms with Crippen LogP contribution in [0, 0.1) is 5.92 Å². The number of benzene rings is 1. The van der Waals surface area contributed by atoms with E-state index in [1.54, 1.807) is 29.1 Å². The number of amides is 4. The highest BCUT2D eigenvalue weighted by molar-refractivity contribution is 9.10. The number of anilines is 1. The summed E-state index contributed by atoms with van der Waals surface area (Å²) in [7, 11) is 0. The molecule has 4 aliphatic rings. The number of halogens is 1. The molecule has 2 N–H and O–H groups in total. The number of thiazole rings is 1. The molecule has 1 unspecified atom stereocenters. The van der Waals surface area contributed by atoms with Crippen LogP contribution in [0.4, 0.5) is 5.13 Å². The molecule has 0 spiro atoms. The van der Waals surface area contributed by atoms with E-state index in [1.165, 1.54) is 11.3 Å². The number of imide groups is 1. The van der Waals surface area contributed by atoms with Gasteiger partial charge in [-0.05, 0) is 75.5 Å². The average Bonchev–Trinajstić information content (AvgIpc) is 3.84. The number of oxazole rings is 1. The fourth-order valence-electron chi connectivity index (χ4n) is 7.42. The van der Waals surface area contributed by atoms with Crippen LogP contribution in [0.2, 0.25) is 0 Å². The summed E-state index contributed by atoms with van der Waals surface area (Å²) >= 11 is 6.80. The average molecular weight is 799 g/mol. The molecular formula is C36H44BrN7O5S2. The molecule has 3 fully saturated rings. The van der Waals surface area contributed by atoms with E-state index in [2.05, 4.69) is 73.2 Å². The summed E-state index contributed by atoms with van der Waals surface area (Å²) in [6.45, 7) is 11.3. The van der Waals surface area contributed by atoms with Crippen LogP contribution in [0.15, 0.2) is 37.6 Å². The summed E-state index contributed by atoms with van der Waals surface area (Å²) in [6.07, 6.45) is 8.04. The van der Waals surface area contributed by atoms with Crippen molar-refractivity contribution in [3.05, 3.63) is 57.3 Å². The number of nitrogens with zero attached hydrogens (tertiary/aromatic N) is 5. The number of nitrogens with one attached hydrogen (secondary N) is 2. The molecule has 0 radical (unpaired) electrons. The predicted octanol–water partition coefficient (Wildman–Crippen LogP) is 5.56. The Balaban J connectivity index is 0.841. The maximum atomic E-state index is 13.2. The first-order valence-corrected chi connectivity index (χ1v) is 20.3. The number of carbonyl (C=O) groups is 4. The van der Waals surface area contributed by atoms with E-state index in [9.17, 15) is 19.2 Å². The first-order chi connectivity index (χ1) is 24.4. The van der Waals surface area contributed by atoms with Crippen molar-refractivity contribution in [2.24, 2.45) is 5.92 Å². The highest BCUT2D eigenvalue weighted by Crippen LogP contribution is 2.35. The van der Waals surface area contributed by atoms with Crippen LogP contribution in [0.3, 0.4) is 0 Å². The number of piperidine rings is 3. The zero-order chi connectivity index (χ0) is 35.9. The first-order valence-electron chi connectivity index (χ1n) is 17.7. The minimum Gasteiger partial charge on any atom is -0.444 e. The molecule has 51 heavy (non-hydrogen) atoms. The molecule has 0 bridgehead atoms. The second kappa shape index (κ2) is 15.1. The molecule has 15 heteroatoms. The first kappa shape index (κ1) is 36.3. The second-order valence-corrected chi connectivity index (χ2v) is 18.1. The van der Waals surface area contributed by atoms with Gasteiger partial charge in [-0.25, -0.2) is 9.97 Å². The van der Waals surface area contributed by atoms with E-state index in [-0.39, 0.29) is 35.5 Å². The molecule has 1 atom stereocenters. The lowest BCUT2D eigenvalue weighted by molar-refractivity contribution is -0.137. The van der Waals surface area contributed by atoms with Gasteiger partial charge in [-0.2, -0.15) is 0 Å². The van der Waals surface area contributed by atoms with Gasteiger partial charge in [0.2, 0.25) is 23.6 Å². The van der Waals surface area contributed by atoms with Crippen LogP contribution in [0.1, 0.15) is 92.4 Å². The maximum absolute atomic E-state index is 13.2. The zero-order valence-electron chi connectivity index (χ0n) is 29.2. The SMILES string of the molecule is CC(C)(C)c1cnc(CSc2cnc(NC(=O)C3CCN(C4CCN(Cc5cc6c(cc5Br)C(=O)N(C5CCC(=O)NC5=O)C6)CC4)CC3)s2)o1. The smallest absolute Gasteiger partial charge is 0.255 e. The standard InChI is InChI=1S/C36H44BrN7O5S2/c1-36(2,3)28-16-38-30(49-28)20-50-31-17-39-35(51-31)41-32(46)21-6-12-43(13-7-21)24-8-10-42(11-9-24)18-23-14-22-19-44(34(48)25(22)15-26(23)37)27-4-5-29(45)40-33(27)47/h14-17,21,24,27H,4-13,18-20H2,1-3H3,(H,39,41,46)(H,40,45,47). The third-order valence-corrected chi connectivity index (χ3v) is 13.2. The molecule has 6 heterocycles. The lowest BCUT2D eigenvalue weighted by Gasteiger charge is -2.41. The van der Waals surface area contributed by atoms with Crippen LogP contribution in [-0.2, 0) is 38.6 Å². The van der Waals surface area contributed by atoms with E-state index >= 15 is 0 Å².